The lowest BCUT2D eigenvalue weighted by Crippen LogP contribution is -2.18. The van der Waals surface area contributed by atoms with Crippen molar-refractivity contribution < 1.29 is 13.9 Å². The summed E-state index contributed by atoms with van der Waals surface area (Å²) in [6, 6.07) is 4.71. The number of ether oxygens (including phenoxy) is 2. The van der Waals surface area contributed by atoms with Crippen LogP contribution >= 0.6 is 0 Å². The minimum Gasteiger partial charge on any atom is -0.489 e. The average molecular weight is 293 g/mol. The van der Waals surface area contributed by atoms with E-state index in [0.717, 1.165) is 17.7 Å². The molecule has 0 bridgehead atoms. The van der Waals surface area contributed by atoms with Gasteiger partial charge in [0, 0.05) is 45.1 Å². The first-order chi connectivity index (χ1) is 10.2. The topological polar surface area (TPSA) is 48.3 Å². The monoisotopic (exact) mass is 293 g/mol. The highest BCUT2D eigenvalue weighted by Gasteiger charge is 2.03. The van der Waals surface area contributed by atoms with Crippen LogP contribution in [0.1, 0.15) is 11.1 Å². The molecule has 0 saturated carbocycles. The van der Waals surface area contributed by atoms with Gasteiger partial charge in [0.1, 0.15) is 18.2 Å². The molecule has 0 saturated heterocycles. The Morgan fingerprint density at radius 2 is 2.14 bits per heavy atom. The summed E-state index contributed by atoms with van der Waals surface area (Å²) in [5, 5.41) is 7.24. The molecule has 1 aromatic heterocycles. The van der Waals surface area contributed by atoms with E-state index >= 15 is 0 Å². The van der Waals surface area contributed by atoms with E-state index in [9.17, 15) is 4.39 Å². The Hall–Kier alpha value is -1.92. The minimum absolute atomic E-state index is 0.303. The summed E-state index contributed by atoms with van der Waals surface area (Å²) in [6.45, 7) is 2.29. The summed E-state index contributed by atoms with van der Waals surface area (Å²) in [6.07, 6.45) is 3.60. The van der Waals surface area contributed by atoms with Gasteiger partial charge in [-0.3, -0.25) is 4.68 Å². The van der Waals surface area contributed by atoms with Crippen molar-refractivity contribution >= 4 is 0 Å². The van der Waals surface area contributed by atoms with E-state index in [-0.39, 0.29) is 5.82 Å². The lowest BCUT2D eigenvalue weighted by atomic mass is 10.2. The maximum atomic E-state index is 13.6. The lowest BCUT2D eigenvalue weighted by Gasteiger charge is -2.09. The number of nitrogens with zero attached hydrogens (tertiary/aromatic N) is 2. The summed E-state index contributed by atoms with van der Waals surface area (Å²) in [7, 11) is 3.49. The van der Waals surface area contributed by atoms with E-state index in [2.05, 4.69) is 10.4 Å². The predicted molar refractivity (Wildman–Crippen MR) is 77.5 cm³/mol. The van der Waals surface area contributed by atoms with Gasteiger partial charge in [-0.25, -0.2) is 4.39 Å². The van der Waals surface area contributed by atoms with Gasteiger partial charge in [0.15, 0.2) is 0 Å². The Kier molecular flexibility index (Phi) is 5.71. The fourth-order valence-electron chi connectivity index (χ4n) is 1.93. The molecule has 114 valence electrons. The molecule has 1 aromatic carbocycles. The summed E-state index contributed by atoms with van der Waals surface area (Å²) in [4.78, 5) is 0. The Morgan fingerprint density at radius 3 is 2.86 bits per heavy atom. The molecule has 0 aliphatic rings. The van der Waals surface area contributed by atoms with Gasteiger partial charge in [0.05, 0.1) is 12.8 Å². The van der Waals surface area contributed by atoms with E-state index in [1.165, 1.54) is 12.1 Å². The second-order valence-corrected chi connectivity index (χ2v) is 4.78. The second kappa shape index (κ2) is 7.75. The number of methoxy groups -OCH3 is 1. The van der Waals surface area contributed by atoms with Crippen LogP contribution in [0, 0.1) is 5.82 Å². The fraction of sp³-hybridized carbons (Fsp3) is 0.400. The van der Waals surface area contributed by atoms with Crippen LogP contribution in [-0.4, -0.2) is 30.0 Å². The van der Waals surface area contributed by atoms with Crippen molar-refractivity contribution in [2.45, 2.75) is 13.2 Å². The molecule has 2 rings (SSSR count). The molecule has 0 aliphatic heterocycles. The molecule has 1 heterocycles. The number of benzene rings is 1. The average Bonchev–Trinajstić information content (AvgIpc) is 2.87. The van der Waals surface area contributed by atoms with E-state index in [0.29, 0.717) is 25.5 Å². The van der Waals surface area contributed by atoms with Crippen LogP contribution in [0.15, 0.2) is 30.6 Å². The molecule has 5 nitrogen and oxygen atoms in total. The van der Waals surface area contributed by atoms with Crippen molar-refractivity contribution in [2.75, 3.05) is 20.3 Å². The number of hydrogen-bond donors (Lipinski definition) is 1. The number of rotatable bonds is 8. The Balaban J connectivity index is 1.91. The molecule has 0 unspecified atom stereocenters. The van der Waals surface area contributed by atoms with Crippen molar-refractivity contribution in [3.05, 3.63) is 47.5 Å². The molecular weight excluding hydrogens is 273 g/mol. The van der Waals surface area contributed by atoms with Crippen LogP contribution in [0.3, 0.4) is 0 Å². The zero-order chi connectivity index (χ0) is 15.1. The van der Waals surface area contributed by atoms with Gasteiger partial charge in [-0.15, -0.1) is 0 Å². The van der Waals surface area contributed by atoms with Gasteiger partial charge in [-0.1, -0.05) is 0 Å². The third kappa shape index (κ3) is 5.17. The van der Waals surface area contributed by atoms with Crippen molar-refractivity contribution in [3.63, 3.8) is 0 Å². The first kappa shape index (κ1) is 15.5. The van der Waals surface area contributed by atoms with Crippen LogP contribution in [0.25, 0.3) is 0 Å². The van der Waals surface area contributed by atoms with Crippen LogP contribution in [0.4, 0.5) is 4.39 Å². The highest BCUT2D eigenvalue weighted by Crippen LogP contribution is 2.17. The number of aryl methyl sites for hydroxylation is 1. The van der Waals surface area contributed by atoms with Crippen LogP contribution in [0.5, 0.6) is 5.75 Å². The maximum absolute atomic E-state index is 13.6. The zero-order valence-corrected chi connectivity index (χ0v) is 12.3. The molecule has 21 heavy (non-hydrogen) atoms. The Morgan fingerprint density at radius 1 is 1.29 bits per heavy atom. The molecular formula is C15H20FN3O2. The second-order valence-electron chi connectivity index (χ2n) is 4.78. The molecule has 6 heteroatoms. The lowest BCUT2D eigenvalue weighted by molar-refractivity contribution is 0.199. The van der Waals surface area contributed by atoms with Gasteiger partial charge in [-0.2, -0.15) is 5.10 Å². The van der Waals surface area contributed by atoms with E-state index in [1.807, 2.05) is 19.3 Å². The van der Waals surface area contributed by atoms with Crippen LogP contribution in [-0.2, 0) is 24.9 Å². The number of aromatic nitrogens is 2. The van der Waals surface area contributed by atoms with Gasteiger partial charge in [0.25, 0.3) is 0 Å². The standard InChI is InChI=1S/C15H20FN3O2/c1-19-10-13(9-18-19)11-21-15-6-12(5-14(16)7-15)8-17-3-4-20-2/h5-7,9-10,17H,3-4,8,11H2,1-2H3. The first-order valence-corrected chi connectivity index (χ1v) is 6.77. The molecule has 0 aliphatic carbocycles. The third-order valence-electron chi connectivity index (χ3n) is 2.91. The SMILES string of the molecule is COCCNCc1cc(F)cc(OCc2cnn(C)c2)c1. The number of nitrogens with one attached hydrogen (secondary N) is 1. The fourth-order valence-corrected chi connectivity index (χ4v) is 1.93. The molecule has 1 N–H and O–H groups in total. The van der Waals surface area contributed by atoms with Crippen molar-refractivity contribution in [3.8, 4) is 5.75 Å². The van der Waals surface area contributed by atoms with Crippen molar-refractivity contribution in [1.29, 1.82) is 0 Å². The zero-order valence-electron chi connectivity index (χ0n) is 12.3. The van der Waals surface area contributed by atoms with Crippen LogP contribution in [0.2, 0.25) is 0 Å². The summed E-state index contributed by atoms with van der Waals surface area (Å²) < 4.78 is 25.8. The third-order valence-corrected chi connectivity index (χ3v) is 2.91. The molecule has 0 spiro atoms. The van der Waals surface area contributed by atoms with Gasteiger partial charge >= 0.3 is 0 Å². The molecule has 0 fully saturated rings. The van der Waals surface area contributed by atoms with E-state index in [4.69, 9.17) is 9.47 Å². The maximum Gasteiger partial charge on any atom is 0.127 e. The number of halogens is 1. The summed E-state index contributed by atoms with van der Waals surface area (Å²) in [5.41, 5.74) is 1.79. The smallest absolute Gasteiger partial charge is 0.127 e. The van der Waals surface area contributed by atoms with E-state index < -0.39 is 0 Å². The molecule has 0 amide bonds. The van der Waals surface area contributed by atoms with E-state index in [1.54, 1.807) is 18.0 Å². The van der Waals surface area contributed by atoms with Gasteiger partial charge < -0.3 is 14.8 Å². The first-order valence-electron chi connectivity index (χ1n) is 6.77. The van der Waals surface area contributed by atoms with Crippen molar-refractivity contribution in [2.24, 2.45) is 7.05 Å². The Bertz CT molecular complexity index is 572. The van der Waals surface area contributed by atoms with Crippen molar-refractivity contribution in [1.82, 2.24) is 15.1 Å². The van der Waals surface area contributed by atoms with Gasteiger partial charge in [0.2, 0.25) is 0 Å². The summed E-state index contributed by atoms with van der Waals surface area (Å²) in [5.74, 6) is 0.213. The molecule has 0 radical (unpaired) electrons. The van der Waals surface area contributed by atoms with Gasteiger partial charge in [-0.05, 0) is 17.7 Å². The molecule has 2 aromatic rings. The predicted octanol–water partition coefficient (Wildman–Crippen LogP) is 1.87. The molecule has 0 atom stereocenters. The highest BCUT2D eigenvalue weighted by molar-refractivity contribution is 5.29. The quantitative estimate of drug-likeness (QED) is 0.755. The summed E-state index contributed by atoms with van der Waals surface area (Å²) >= 11 is 0. The largest absolute Gasteiger partial charge is 0.489 e. The highest BCUT2D eigenvalue weighted by atomic mass is 19.1. The normalized spacial score (nSPS) is 10.8. The minimum atomic E-state index is -0.303. The van der Waals surface area contributed by atoms with Crippen LogP contribution < -0.4 is 10.1 Å². The number of hydrogen-bond acceptors (Lipinski definition) is 4. The Labute approximate surface area is 123 Å².